The van der Waals surface area contributed by atoms with E-state index < -0.39 is 0 Å². The van der Waals surface area contributed by atoms with Crippen LogP contribution in [0.25, 0.3) is 11.4 Å². The van der Waals surface area contributed by atoms with E-state index in [4.69, 9.17) is 9.72 Å². The van der Waals surface area contributed by atoms with Crippen LogP contribution in [0.5, 0.6) is 5.75 Å². The zero-order chi connectivity index (χ0) is 20.9. The highest BCUT2D eigenvalue weighted by molar-refractivity contribution is 5.78. The Labute approximate surface area is 177 Å². The van der Waals surface area contributed by atoms with Crippen molar-refractivity contribution in [2.24, 2.45) is 0 Å². The maximum absolute atomic E-state index is 12.6. The smallest absolute Gasteiger partial charge is 0.260 e. The van der Waals surface area contributed by atoms with Gasteiger partial charge < -0.3 is 14.5 Å². The summed E-state index contributed by atoms with van der Waals surface area (Å²) in [7, 11) is 0. The molecule has 0 bridgehead atoms. The molecule has 1 aromatic heterocycles. The van der Waals surface area contributed by atoms with Gasteiger partial charge >= 0.3 is 0 Å². The monoisotopic (exact) mass is 402 g/mol. The molecule has 0 radical (unpaired) electrons. The van der Waals surface area contributed by atoms with E-state index in [0.717, 1.165) is 41.3 Å². The van der Waals surface area contributed by atoms with Crippen molar-refractivity contribution < 1.29 is 9.53 Å². The molecule has 6 nitrogen and oxygen atoms in total. The number of ether oxygens (including phenoxy) is 1. The number of aryl methyl sites for hydroxylation is 2. The van der Waals surface area contributed by atoms with Gasteiger partial charge in [-0.3, -0.25) is 4.79 Å². The highest BCUT2D eigenvalue weighted by atomic mass is 16.5. The van der Waals surface area contributed by atoms with Crippen molar-refractivity contribution in [2.45, 2.75) is 13.8 Å². The summed E-state index contributed by atoms with van der Waals surface area (Å²) in [5, 5.41) is 0. The predicted molar refractivity (Wildman–Crippen MR) is 118 cm³/mol. The van der Waals surface area contributed by atoms with E-state index >= 15 is 0 Å². The minimum atomic E-state index is 0.0169. The number of aromatic nitrogens is 2. The molecule has 6 heteroatoms. The standard InChI is InChI=1S/C24H26N4O2/c1-18-8-9-19(2)21(16-18)30-17-23(29)28-14-12-27(13-15-28)22-10-11-25-24(26-22)20-6-4-3-5-7-20/h3-11,16H,12-15,17H2,1-2H3. The molecule has 0 atom stereocenters. The second kappa shape index (κ2) is 8.95. The quantitative estimate of drug-likeness (QED) is 0.654. The Kier molecular flexibility index (Phi) is 5.93. The normalized spacial score (nSPS) is 13.9. The number of amides is 1. The molecule has 0 N–H and O–H groups in total. The Morgan fingerprint density at radius 1 is 1.00 bits per heavy atom. The maximum atomic E-state index is 12.6. The van der Waals surface area contributed by atoms with Crippen LogP contribution < -0.4 is 9.64 Å². The Bertz CT molecular complexity index is 1010. The summed E-state index contributed by atoms with van der Waals surface area (Å²) in [5.41, 5.74) is 3.16. The molecule has 1 aliphatic rings. The number of rotatable bonds is 5. The molecule has 2 aromatic carbocycles. The average Bonchev–Trinajstić information content (AvgIpc) is 2.80. The zero-order valence-corrected chi connectivity index (χ0v) is 17.4. The highest BCUT2D eigenvalue weighted by Gasteiger charge is 2.22. The minimum absolute atomic E-state index is 0.0169. The molecule has 0 spiro atoms. The second-order valence-corrected chi connectivity index (χ2v) is 7.53. The molecule has 0 unspecified atom stereocenters. The van der Waals surface area contributed by atoms with Crippen LogP contribution in [0.15, 0.2) is 60.8 Å². The van der Waals surface area contributed by atoms with Gasteiger partial charge in [-0.25, -0.2) is 9.97 Å². The number of carbonyl (C=O) groups excluding carboxylic acids is 1. The van der Waals surface area contributed by atoms with Gasteiger partial charge in [0.1, 0.15) is 11.6 Å². The molecule has 0 saturated carbocycles. The fourth-order valence-corrected chi connectivity index (χ4v) is 3.53. The topological polar surface area (TPSA) is 58.6 Å². The van der Waals surface area contributed by atoms with Gasteiger partial charge in [0.2, 0.25) is 0 Å². The third-order valence-electron chi connectivity index (χ3n) is 5.32. The molecule has 1 aliphatic heterocycles. The number of anilines is 1. The zero-order valence-electron chi connectivity index (χ0n) is 17.4. The highest BCUT2D eigenvalue weighted by Crippen LogP contribution is 2.21. The number of benzene rings is 2. The average molecular weight is 402 g/mol. The Balaban J connectivity index is 1.34. The van der Waals surface area contributed by atoms with Gasteiger partial charge in [0, 0.05) is 37.9 Å². The van der Waals surface area contributed by atoms with Gasteiger partial charge in [0.15, 0.2) is 12.4 Å². The van der Waals surface area contributed by atoms with E-state index in [-0.39, 0.29) is 12.5 Å². The van der Waals surface area contributed by atoms with E-state index in [9.17, 15) is 4.79 Å². The van der Waals surface area contributed by atoms with E-state index in [1.165, 1.54) is 0 Å². The van der Waals surface area contributed by atoms with Crippen molar-refractivity contribution >= 4 is 11.7 Å². The molecular formula is C24H26N4O2. The van der Waals surface area contributed by atoms with E-state index in [2.05, 4.69) is 9.88 Å². The van der Waals surface area contributed by atoms with Crippen LogP contribution in [0, 0.1) is 13.8 Å². The first-order valence-electron chi connectivity index (χ1n) is 10.2. The first-order chi connectivity index (χ1) is 14.6. The second-order valence-electron chi connectivity index (χ2n) is 7.53. The van der Waals surface area contributed by atoms with E-state index in [1.807, 2.05) is 73.3 Å². The van der Waals surface area contributed by atoms with Crippen molar-refractivity contribution in [3.8, 4) is 17.1 Å². The molecular weight excluding hydrogens is 376 g/mol. The summed E-state index contributed by atoms with van der Waals surface area (Å²) < 4.78 is 5.78. The van der Waals surface area contributed by atoms with Crippen LogP contribution in [0.1, 0.15) is 11.1 Å². The Morgan fingerprint density at radius 2 is 1.77 bits per heavy atom. The molecule has 1 saturated heterocycles. The van der Waals surface area contributed by atoms with Gasteiger partial charge in [-0.1, -0.05) is 42.5 Å². The molecule has 0 aliphatic carbocycles. The van der Waals surface area contributed by atoms with Crippen molar-refractivity contribution in [1.29, 1.82) is 0 Å². The molecule has 2 heterocycles. The van der Waals surface area contributed by atoms with Crippen molar-refractivity contribution in [1.82, 2.24) is 14.9 Å². The molecule has 154 valence electrons. The van der Waals surface area contributed by atoms with Crippen LogP contribution in [0.3, 0.4) is 0 Å². The fraction of sp³-hybridized carbons (Fsp3) is 0.292. The molecule has 4 rings (SSSR count). The van der Waals surface area contributed by atoms with Gasteiger partial charge in [0.25, 0.3) is 5.91 Å². The summed E-state index contributed by atoms with van der Waals surface area (Å²) >= 11 is 0. The molecule has 3 aromatic rings. The number of carbonyl (C=O) groups is 1. The van der Waals surface area contributed by atoms with Crippen LogP contribution >= 0.6 is 0 Å². The summed E-state index contributed by atoms with van der Waals surface area (Å²) in [6, 6.07) is 17.9. The Hall–Kier alpha value is -3.41. The lowest BCUT2D eigenvalue weighted by Crippen LogP contribution is -2.50. The maximum Gasteiger partial charge on any atom is 0.260 e. The predicted octanol–water partition coefficient (Wildman–Crippen LogP) is 3.49. The van der Waals surface area contributed by atoms with Crippen LogP contribution in [0.4, 0.5) is 5.82 Å². The van der Waals surface area contributed by atoms with Gasteiger partial charge in [-0.15, -0.1) is 0 Å². The first-order valence-corrected chi connectivity index (χ1v) is 10.2. The number of hydrogen-bond acceptors (Lipinski definition) is 5. The van der Waals surface area contributed by atoms with Gasteiger partial charge in [-0.2, -0.15) is 0 Å². The lowest BCUT2D eigenvalue weighted by Gasteiger charge is -2.35. The van der Waals surface area contributed by atoms with Crippen LogP contribution in [-0.2, 0) is 4.79 Å². The summed E-state index contributed by atoms with van der Waals surface area (Å²) in [4.78, 5) is 25.8. The van der Waals surface area contributed by atoms with Crippen molar-refractivity contribution in [2.75, 3.05) is 37.7 Å². The third kappa shape index (κ3) is 4.59. The van der Waals surface area contributed by atoms with E-state index in [0.29, 0.717) is 18.9 Å². The molecule has 30 heavy (non-hydrogen) atoms. The number of piperazine rings is 1. The first kappa shape index (κ1) is 19.9. The van der Waals surface area contributed by atoms with Crippen LogP contribution in [-0.4, -0.2) is 53.6 Å². The largest absolute Gasteiger partial charge is 0.483 e. The lowest BCUT2D eigenvalue weighted by atomic mass is 10.1. The van der Waals surface area contributed by atoms with Crippen molar-refractivity contribution in [3.05, 3.63) is 71.9 Å². The SMILES string of the molecule is Cc1ccc(C)c(OCC(=O)N2CCN(c3ccnc(-c4ccccc4)n3)CC2)c1. The summed E-state index contributed by atoms with van der Waals surface area (Å²) in [5.74, 6) is 2.40. The third-order valence-corrected chi connectivity index (χ3v) is 5.32. The van der Waals surface area contributed by atoms with Crippen molar-refractivity contribution in [3.63, 3.8) is 0 Å². The van der Waals surface area contributed by atoms with E-state index in [1.54, 1.807) is 6.20 Å². The number of hydrogen-bond donors (Lipinski definition) is 0. The fourth-order valence-electron chi connectivity index (χ4n) is 3.53. The molecule has 1 fully saturated rings. The summed E-state index contributed by atoms with van der Waals surface area (Å²) in [6.07, 6.45) is 1.79. The number of nitrogens with zero attached hydrogens (tertiary/aromatic N) is 4. The summed E-state index contributed by atoms with van der Waals surface area (Å²) in [6.45, 7) is 6.85. The van der Waals surface area contributed by atoms with Gasteiger partial charge in [-0.05, 0) is 37.1 Å². The lowest BCUT2D eigenvalue weighted by molar-refractivity contribution is -0.133. The van der Waals surface area contributed by atoms with Gasteiger partial charge in [0.05, 0.1) is 0 Å². The van der Waals surface area contributed by atoms with Crippen LogP contribution in [0.2, 0.25) is 0 Å². The molecule has 1 amide bonds. The minimum Gasteiger partial charge on any atom is -0.483 e. The Morgan fingerprint density at radius 3 is 2.53 bits per heavy atom.